The van der Waals surface area contributed by atoms with Crippen LogP contribution in [0.3, 0.4) is 0 Å². The molecule has 2 aromatic carbocycles. The lowest BCUT2D eigenvalue weighted by Gasteiger charge is -2.28. The fourth-order valence-electron chi connectivity index (χ4n) is 2.97. The van der Waals surface area contributed by atoms with Crippen molar-refractivity contribution in [2.75, 3.05) is 18.1 Å². The molecule has 0 aromatic heterocycles. The van der Waals surface area contributed by atoms with E-state index in [1.54, 1.807) is 0 Å². The van der Waals surface area contributed by atoms with E-state index in [9.17, 15) is 9.59 Å². The first kappa shape index (κ1) is 18.6. The monoisotopic (exact) mass is 364 g/mol. The fourth-order valence-corrected chi connectivity index (χ4v) is 2.97. The summed E-state index contributed by atoms with van der Waals surface area (Å²) in [6, 6.07) is 17.6. The molecule has 2 aromatic rings. The van der Waals surface area contributed by atoms with Crippen LogP contribution in [0, 0.1) is 6.92 Å². The Bertz CT molecular complexity index is 831. The molecule has 2 amide bonds. The summed E-state index contributed by atoms with van der Waals surface area (Å²) < 4.78 is 0. The second-order valence-electron chi connectivity index (χ2n) is 6.57. The molecule has 0 bridgehead atoms. The van der Waals surface area contributed by atoms with E-state index >= 15 is 0 Å². The van der Waals surface area contributed by atoms with Gasteiger partial charge < -0.3 is 5.32 Å². The zero-order chi connectivity index (χ0) is 19.2. The maximum atomic E-state index is 12.5. The average Bonchev–Trinajstić information content (AvgIpc) is 2.70. The Labute approximate surface area is 159 Å². The zero-order valence-electron chi connectivity index (χ0n) is 15.6. The normalized spacial score (nSPS) is 15.0. The van der Waals surface area contributed by atoms with E-state index in [0.29, 0.717) is 12.2 Å². The van der Waals surface area contributed by atoms with E-state index in [1.807, 2.05) is 49.4 Å². The number of nitrogens with one attached hydrogen (secondary N) is 2. The Morgan fingerprint density at radius 3 is 2.56 bits per heavy atom. The molecule has 2 N–H and O–H groups in total. The summed E-state index contributed by atoms with van der Waals surface area (Å²) in [5.74, 6) is -0.132. The highest BCUT2D eigenvalue weighted by Gasteiger charge is 2.25. The maximum absolute atomic E-state index is 12.5. The molecule has 27 heavy (non-hydrogen) atoms. The molecule has 0 saturated carbocycles. The predicted octanol–water partition coefficient (Wildman–Crippen LogP) is 2.55. The predicted molar refractivity (Wildman–Crippen MR) is 107 cm³/mol. The van der Waals surface area contributed by atoms with Crippen molar-refractivity contribution >= 4 is 23.3 Å². The number of nitrogens with zero attached hydrogens (tertiary/aromatic N) is 2. The van der Waals surface area contributed by atoms with Gasteiger partial charge in [-0.15, -0.1) is 0 Å². The summed E-state index contributed by atoms with van der Waals surface area (Å²) in [7, 11) is 0. The van der Waals surface area contributed by atoms with E-state index in [0.717, 1.165) is 12.0 Å². The number of aryl methyl sites for hydroxylation is 1. The number of carbonyl (C=O) groups is 2. The smallest absolute Gasteiger partial charge is 0.288 e. The number of rotatable bonds is 6. The second kappa shape index (κ2) is 8.49. The number of amides is 2. The minimum absolute atomic E-state index is 0.0560. The van der Waals surface area contributed by atoms with Crippen molar-refractivity contribution in [2.24, 2.45) is 4.99 Å². The van der Waals surface area contributed by atoms with Crippen molar-refractivity contribution in [1.82, 2.24) is 10.7 Å². The highest BCUT2D eigenvalue weighted by molar-refractivity contribution is 6.39. The second-order valence-corrected chi connectivity index (χ2v) is 6.57. The standard InChI is InChI=1S/C21H24N4O2/c1-3-16(17-7-5-4-6-8-17)13-23-21(27)20-22-14-19(26)25(24-20)18-11-9-15(2)10-12-18/h4-12,16H,3,13-14H2,1-2H3,(H,22,24)(H,23,27)/t16-/m1/s1. The van der Waals surface area contributed by atoms with Gasteiger partial charge in [0, 0.05) is 12.5 Å². The van der Waals surface area contributed by atoms with E-state index in [1.165, 1.54) is 10.6 Å². The molecular weight excluding hydrogens is 340 g/mol. The molecular formula is C21H24N4O2. The van der Waals surface area contributed by atoms with Crippen LogP contribution in [0.4, 0.5) is 5.69 Å². The van der Waals surface area contributed by atoms with Gasteiger partial charge in [-0.1, -0.05) is 55.0 Å². The molecule has 0 aliphatic carbocycles. The third-order valence-corrected chi connectivity index (χ3v) is 4.62. The maximum Gasteiger partial charge on any atom is 0.288 e. The van der Waals surface area contributed by atoms with Crippen LogP contribution in [0.1, 0.15) is 30.4 Å². The molecule has 1 heterocycles. The summed E-state index contributed by atoms with van der Waals surface area (Å²) in [6.07, 6.45) is 0.915. The van der Waals surface area contributed by atoms with Gasteiger partial charge in [0.25, 0.3) is 11.8 Å². The van der Waals surface area contributed by atoms with Crippen molar-refractivity contribution in [3.8, 4) is 0 Å². The van der Waals surface area contributed by atoms with Gasteiger partial charge in [-0.25, -0.2) is 5.01 Å². The Hall–Kier alpha value is -3.15. The number of hydrogen-bond donors (Lipinski definition) is 2. The van der Waals surface area contributed by atoms with E-state index in [4.69, 9.17) is 0 Å². The lowest BCUT2D eigenvalue weighted by Crippen LogP contribution is -2.56. The number of aliphatic imine (C=N–C) groups is 1. The molecule has 0 unspecified atom stereocenters. The van der Waals surface area contributed by atoms with Gasteiger partial charge in [-0.05, 0) is 31.0 Å². The van der Waals surface area contributed by atoms with Gasteiger partial charge in [-0.3, -0.25) is 20.0 Å². The summed E-state index contributed by atoms with van der Waals surface area (Å²) in [5, 5.41) is 4.30. The summed E-state index contributed by atoms with van der Waals surface area (Å²) in [4.78, 5) is 28.8. The molecule has 0 spiro atoms. The molecule has 140 valence electrons. The summed E-state index contributed by atoms with van der Waals surface area (Å²) in [5.41, 5.74) is 5.81. The summed E-state index contributed by atoms with van der Waals surface area (Å²) >= 11 is 0. The lowest BCUT2D eigenvalue weighted by atomic mass is 9.96. The number of carbonyl (C=O) groups excluding carboxylic acids is 2. The van der Waals surface area contributed by atoms with Crippen LogP contribution in [0.25, 0.3) is 0 Å². The van der Waals surface area contributed by atoms with E-state index < -0.39 is 0 Å². The Morgan fingerprint density at radius 2 is 1.89 bits per heavy atom. The topological polar surface area (TPSA) is 73.8 Å². The Morgan fingerprint density at radius 1 is 1.19 bits per heavy atom. The highest BCUT2D eigenvalue weighted by Crippen LogP contribution is 2.18. The van der Waals surface area contributed by atoms with Crippen molar-refractivity contribution < 1.29 is 9.59 Å². The molecule has 6 heteroatoms. The van der Waals surface area contributed by atoms with Crippen LogP contribution in [0.5, 0.6) is 0 Å². The van der Waals surface area contributed by atoms with Gasteiger partial charge in [0.05, 0.1) is 5.69 Å². The first-order valence-corrected chi connectivity index (χ1v) is 9.12. The first-order valence-electron chi connectivity index (χ1n) is 9.12. The first-order chi connectivity index (χ1) is 13.1. The van der Waals surface area contributed by atoms with Crippen LogP contribution in [-0.2, 0) is 9.59 Å². The number of anilines is 1. The third kappa shape index (κ3) is 4.53. The number of benzene rings is 2. The van der Waals surface area contributed by atoms with E-state index in [-0.39, 0.29) is 30.1 Å². The molecule has 0 saturated heterocycles. The van der Waals surface area contributed by atoms with Crippen LogP contribution in [0.15, 0.2) is 59.6 Å². The molecule has 0 fully saturated rings. The molecule has 6 nitrogen and oxygen atoms in total. The largest absolute Gasteiger partial charge is 0.349 e. The SMILES string of the molecule is CC[C@H](CNC(=O)C1=NCC(=O)N(c2ccc(C)cc2)N1)c1ccccc1. The lowest BCUT2D eigenvalue weighted by molar-refractivity contribution is -0.118. The van der Waals surface area contributed by atoms with Gasteiger partial charge >= 0.3 is 0 Å². The van der Waals surface area contributed by atoms with Crippen molar-refractivity contribution in [2.45, 2.75) is 26.2 Å². The van der Waals surface area contributed by atoms with Crippen LogP contribution >= 0.6 is 0 Å². The molecule has 0 radical (unpaired) electrons. The van der Waals surface area contributed by atoms with Crippen molar-refractivity contribution in [3.63, 3.8) is 0 Å². The van der Waals surface area contributed by atoms with E-state index in [2.05, 4.69) is 34.8 Å². The van der Waals surface area contributed by atoms with Crippen molar-refractivity contribution in [1.29, 1.82) is 0 Å². The highest BCUT2D eigenvalue weighted by atomic mass is 16.2. The molecule has 1 atom stereocenters. The summed E-state index contributed by atoms with van der Waals surface area (Å²) in [6.45, 7) is 4.53. The van der Waals surface area contributed by atoms with Gasteiger partial charge in [0.15, 0.2) is 0 Å². The van der Waals surface area contributed by atoms with Gasteiger partial charge in [-0.2, -0.15) is 0 Å². The number of amidine groups is 1. The van der Waals surface area contributed by atoms with Crippen molar-refractivity contribution in [3.05, 3.63) is 65.7 Å². The van der Waals surface area contributed by atoms with Crippen LogP contribution in [0.2, 0.25) is 0 Å². The molecule has 3 rings (SSSR count). The minimum Gasteiger partial charge on any atom is -0.349 e. The number of hydrazine groups is 1. The van der Waals surface area contributed by atoms with Gasteiger partial charge in [0.2, 0.25) is 5.84 Å². The fraction of sp³-hybridized carbons (Fsp3) is 0.286. The zero-order valence-corrected chi connectivity index (χ0v) is 15.6. The molecule has 1 aliphatic heterocycles. The number of hydrogen-bond acceptors (Lipinski definition) is 4. The average molecular weight is 364 g/mol. The molecule has 1 aliphatic rings. The van der Waals surface area contributed by atoms with Crippen LogP contribution in [-0.4, -0.2) is 30.7 Å². The minimum atomic E-state index is -0.311. The van der Waals surface area contributed by atoms with Gasteiger partial charge in [0.1, 0.15) is 6.54 Å². The van der Waals surface area contributed by atoms with Crippen LogP contribution < -0.4 is 15.8 Å². The third-order valence-electron chi connectivity index (χ3n) is 4.62. The Kier molecular flexibility index (Phi) is 5.86. The quantitative estimate of drug-likeness (QED) is 0.827. The Balaban J connectivity index is 1.64.